The van der Waals surface area contributed by atoms with Crippen molar-refractivity contribution >= 4 is 22.4 Å². The monoisotopic (exact) mass is 506 g/mol. The fourth-order valence-electron chi connectivity index (χ4n) is 5.79. The van der Waals surface area contributed by atoms with Crippen LogP contribution in [-0.4, -0.2) is 41.4 Å². The van der Waals surface area contributed by atoms with Crippen molar-refractivity contribution in [1.82, 2.24) is 29.0 Å². The standard InChI is InChI=1S/C31H32N6O.H2/c1-21(2)25-5-4-6-27-26(25)14-16-37(27)29-13-15-32-28(34-29)12-9-23-7-10-24(11-8-23)31(38)35-17-18-36-22(3)19-33-30(36)20-35;/h4-6,13-16,19,23-24H,1,7-8,10-11,17-18,20H2,2-3H3;1H. The highest BCUT2D eigenvalue weighted by atomic mass is 16.2. The second kappa shape index (κ2) is 9.94. The maximum atomic E-state index is 13.2. The number of amides is 1. The maximum absolute atomic E-state index is 13.2. The molecule has 0 atom stereocenters. The molecule has 38 heavy (non-hydrogen) atoms. The van der Waals surface area contributed by atoms with E-state index in [1.54, 1.807) is 6.20 Å². The maximum Gasteiger partial charge on any atom is 0.226 e. The number of allylic oxidation sites excluding steroid dienone is 1. The molecule has 4 aromatic rings. The molecule has 1 fully saturated rings. The molecule has 1 aliphatic heterocycles. The van der Waals surface area contributed by atoms with Crippen LogP contribution < -0.4 is 0 Å². The Morgan fingerprint density at radius 3 is 2.76 bits per heavy atom. The van der Waals surface area contributed by atoms with Gasteiger partial charge < -0.3 is 14.0 Å². The number of carbonyl (C=O) groups is 1. The van der Waals surface area contributed by atoms with E-state index in [1.807, 2.05) is 36.4 Å². The summed E-state index contributed by atoms with van der Waals surface area (Å²) >= 11 is 0. The van der Waals surface area contributed by atoms with Crippen molar-refractivity contribution < 1.29 is 6.22 Å². The fraction of sp³-hybridized carbons (Fsp3) is 0.355. The molecule has 1 amide bonds. The van der Waals surface area contributed by atoms with Gasteiger partial charge in [-0.1, -0.05) is 30.2 Å². The third-order valence-corrected chi connectivity index (χ3v) is 7.92. The van der Waals surface area contributed by atoms with Gasteiger partial charge in [0.1, 0.15) is 11.6 Å². The Kier molecular flexibility index (Phi) is 6.32. The first-order chi connectivity index (χ1) is 18.5. The summed E-state index contributed by atoms with van der Waals surface area (Å²) in [6.07, 6.45) is 9.31. The summed E-state index contributed by atoms with van der Waals surface area (Å²) < 4.78 is 4.28. The number of nitrogens with zero attached hydrogens (tertiary/aromatic N) is 6. The molecule has 0 spiro atoms. The number of carbonyl (C=O) groups excluding carboxylic acids is 1. The van der Waals surface area contributed by atoms with Gasteiger partial charge >= 0.3 is 0 Å². The molecule has 0 unspecified atom stereocenters. The van der Waals surface area contributed by atoms with Crippen LogP contribution in [0.25, 0.3) is 22.3 Å². The third kappa shape index (κ3) is 4.51. The van der Waals surface area contributed by atoms with E-state index in [-0.39, 0.29) is 19.2 Å². The van der Waals surface area contributed by atoms with Crippen molar-refractivity contribution in [3.05, 3.63) is 78.4 Å². The van der Waals surface area contributed by atoms with E-state index in [4.69, 9.17) is 4.98 Å². The number of fused-ring (bicyclic) bond motifs is 2. The van der Waals surface area contributed by atoms with Crippen molar-refractivity contribution in [2.45, 2.75) is 52.6 Å². The molecular formula is C31H34N6O. The molecule has 0 bridgehead atoms. The average molecular weight is 507 g/mol. The number of rotatable bonds is 3. The van der Waals surface area contributed by atoms with Gasteiger partial charge in [-0.25, -0.2) is 15.0 Å². The molecule has 6 rings (SSSR count). The zero-order valence-electron chi connectivity index (χ0n) is 22.0. The van der Waals surface area contributed by atoms with Crippen molar-refractivity contribution in [2.75, 3.05) is 6.54 Å². The fourth-order valence-corrected chi connectivity index (χ4v) is 5.79. The minimum absolute atomic E-state index is 0. The van der Waals surface area contributed by atoms with Crippen molar-refractivity contribution in [1.29, 1.82) is 0 Å². The van der Waals surface area contributed by atoms with E-state index in [9.17, 15) is 4.79 Å². The number of hydrogen-bond donors (Lipinski definition) is 0. The smallest absolute Gasteiger partial charge is 0.226 e. The highest BCUT2D eigenvalue weighted by molar-refractivity contribution is 5.92. The summed E-state index contributed by atoms with van der Waals surface area (Å²) in [5, 5.41) is 1.16. The van der Waals surface area contributed by atoms with Gasteiger partial charge in [-0.3, -0.25) is 4.79 Å². The van der Waals surface area contributed by atoms with Crippen LogP contribution in [0.2, 0.25) is 0 Å². The Balaban J connectivity index is 0.00000308. The molecule has 0 N–H and O–H groups in total. The molecule has 0 radical (unpaired) electrons. The summed E-state index contributed by atoms with van der Waals surface area (Å²) in [5.74, 6) is 9.54. The molecule has 1 saturated carbocycles. The normalized spacial score (nSPS) is 19.1. The first-order valence-corrected chi connectivity index (χ1v) is 13.4. The molecule has 0 saturated heterocycles. The molecule has 194 valence electrons. The Morgan fingerprint density at radius 1 is 1.11 bits per heavy atom. The lowest BCUT2D eigenvalue weighted by Crippen LogP contribution is -2.42. The molecule has 2 aliphatic rings. The van der Waals surface area contributed by atoms with E-state index in [1.165, 1.54) is 5.69 Å². The lowest BCUT2D eigenvalue weighted by Gasteiger charge is -2.33. The van der Waals surface area contributed by atoms with Crippen LogP contribution in [0, 0.1) is 30.6 Å². The number of benzene rings is 1. The number of aromatic nitrogens is 5. The van der Waals surface area contributed by atoms with Gasteiger partial charge in [0.15, 0.2) is 0 Å². The van der Waals surface area contributed by atoms with Crippen LogP contribution in [0.4, 0.5) is 0 Å². The highest BCUT2D eigenvalue weighted by Gasteiger charge is 2.31. The number of hydrogen-bond acceptors (Lipinski definition) is 4. The topological polar surface area (TPSA) is 68.8 Å². The lowest BCUT2D eigenvalue weighted by molar-refractivity contribution is -0.138. The zero-order chi connectivity index (χ0) is 26.2. The first kappa shape index (κ1) is 24.2. The molecule has 3 aromatic heterocycles. The van der Waals surface area contributed by atoms with E-state index in [2.05, 4.69) is 62.6 Å². The van der Waals surface area contributed by atoms with Crippen LogP contribution >= 0.6 is 0 Å². The second-order valence-corrected chi connectivity index (χ2v) is 10.5. The van der Waals surface area contributed by atoms with E-state index >= 15 is 0 Å². The minimum atomic E-state index is 0. The molecule has 7 nitrogen and oxygen atoms in total. The average Bonchev–Trinajstić information content (AvgIpc) is 3.55. The Bertz CT molecular complexity index is 1600. The van der Waals surface area contributed by atoms with Crippen LogP contribution in [0.1, 0.15) is 56.9 Å². The molecule has 4 heterocycles. The second-order valence-electron chi connectivity index (χ2n) is 10.5. The Labute approximate surface area is 224 Å². The minimum Gasteiger partial charge on any atom is -0.333 e. The van der Waals surface area contributed by atoms with Gasteiger partial charge in [-0.05, 0) is 69.2 Å². The summed E-state index contributed by atoms with van der Waals surface area (Å²) in [7, 11) is 0. The molecule has 7 heteroatoms. The summed E-state index contributed by atoms with van der Waals surface area (Å²) in [6, 6.07) is 10.2. The quantitative estimate of drug-likeness (QED) is 0.349. The van der Waals surface area contributed by atoms with E-state index < -0.39 is 0 Å². The van der Waals surface area contributed by atoms with Gasteiger partial charge in [-0.2, -0.15) is 0 Å². The van der Waals surface area contributed by atoms with E-state index in [0.29, 0.717) is 12.4 Å². The van der Waals surface area contributed by atoms with Crippen LogP contribution in [0.5, 0.6) is 0 Å². The Morgan fingerprint density at radius 2 is 1.95 bits per heavy atom. The van der Waals surface area contributed by atoms with Gasteiger partial charge in [0.05, 0.1) is 12.1 Å². The Hall–Kier alpha value is -4.18. The third-order valence-electron chi connectivity index (χ3n) is 7.92. The number of imidazole rings is 1. The SMILES string of the molecule is C=C(C)c1cccc2c1ccn2-c1ccnc(C#CC2CCC(C(=O)N3CCn4c(C)cnc4C3)CC2)n1.[HH]. The van der Waals surface area contributed by atoms with Gasteiger partial charge in [-0.15, -0.1) is 0 Å². The van der Waals surface area contributed by atoms with Crippen molar-refractivity contribution in [2.24, 2.45) is 11.8 Å². The first-order valence-electron chi connectivity index (χ1n) is 13.4. The van der Waals surface area contributed by atoms with Crippen LogP contribution in [-0.2, 0) is 17.9 Å². The van der Waals surface area contributed by atoms with Crippen LogP contribution in [0.15, 0.2) is 55.5 Å². The summed E-state index contributed by atoms with van der Waals surface area (Å²) in [5.41, 5.74) is 4.43. The predicted octanol–water partition coefficient (Wildman–Crippen LogP) is 5.40. The van der Waals surface area contributed by atoms with Crippen LogP contribution in [0.3, 0.4) is 0 Å². The largest absolute Gasteiger partial charge is 0.333 e. The van der Waals surface area contributed by atoms with E-state index in [0.717, 1.165) is 72.5 Å². The molecule has 1 aliphatic carbocycles. The van der Waals surface area contributed by atoms with Gasteiger partial charge in [0, 0.05) is 56.0 Å². The highest BCUT2D eigenvalue weighted by Crippen LogP contribution is 2.31. The predicted molar refractivity (Wildman–Crippen MR) is 150 cm³/mol. The zero-order valence-corrected chi connectivity index (χ0v) is 22.0. The molecular weight excluding hydrogens is 472 g/mol. The summed E-state index contributed by atoms with van der Waals surface area (Å²) in [6.45, 7) is 10.4. The number of aryl methyl sites for hydroxylation is 1. The lowest BCUT2D eigenvalue weighted by atomic mass is 9.81. The summed E-state index contributed by atoms with van der Waals surface area (Å²) in [4.78, 5) is 28.8. The van der Waals surface area contributed by atoms with Gasteiger partial charge in [0.25, 0.3) is 0 Å². The van der Waals surface area contributed by atoms with Crippen molar-refractivity contribution in [3.63, 3.8) is 0 Å². The van der Waals surface area contributed by atoms with Crippen molar-refractivity contribution in [3.8, 4) is 17.7 Å². The van der Waals surface area contributed by atoms with Gasteiger partial charge in [0.2, 0.25) is 11.7 Å². The molecule has 1 aromatic carbocycles.